The molecule has 3 rings (SSSR count). The van der Waals surface area contributed by atoms with Crippen molar-refractivity contribution in [3.05, 3.63) is 77.3 Å². The zero-order valence-corrected chi connectivity index (χ0v) is 21.2. The van der Waals surface area contributed by atoms with E-state index >= 15 is 0 Å². The molecule has 0 N–H and O–H groups in total. The van der Waals surface area contributed by atoms with E-state index in [2.05, 4.69) is 0 Å². The van der Waals surface area contributed by atoms with Gasteiger partial charge in [0.05, 0.1) is 4.90 Å². The normalized spacial score (nSPS) is 24.4. The maximum absolute atomic E-state index is 14.0. The van der Waals surface area contributed by atoms with Gasteiger partial charge in [0, 0.05) is 52.7 Å². The Morgan fingerprint density at radius 1 is 0.941 bits per heavy atom. The molecule has 1 aromatic rings. The second kappa shape index (κ2) is 11.0. The minimum atomic E-state index is -3.99. The van der Waals surface area contributed by atoms with E-state index in [9.17, 15) is 13.2 Å². The van der Waals surface area contributed by atoms with Crippen LogP contribution in [0.3, 0.4) is 0 Å². The SMILES string of the molecule is COC1(CN(CC2(OC)C=CC=CC2)S(=O)(=O)c2ccc(=O)n(CCN(C)C)c2)C=CC=CC1. The largest absolute Gasteiger partial charge is 0.372 e. The number of rotatable bonds is 11. The Morgan fingerprint density at radius 3 is 1.94 bits per heavy atom. The van der Waals surface area contributed by atoms with Crippen molar-refractivity contribution in [3.8, 4) is 0 Å². The number of nitrogens with zero attached hydrogens (tertiary/aromatic N) is 3. The molecule has 0 radical (unpaired) electrons. The van der Waals surface area contributed by atoms with Gasteiger partial charge in [0.15, 0.2) is 0 Å². The average Bonchev–Trinajstić information content (AvgIpc) is 2.84. The quantitative estimate of drug-likeness (QED) is 0.474. The van der Waals surface area contributed by atoms with E-state index in [0.717, 1.165) is 0 Å². The molecule has 0 spiro atoms. The van der Waals surface area contributed by atoms with Gasteiger partial charge in [-0.25, -0.2) is 8.42 Å². The number of pyridine rings is 1. The van der Waals surface area contributed by atoms with Crippen molar-refractivity contribution in [2.24, 2.45) is 0 Å². The number of aromatic nitrogens is 1. The van der Waals surface area contributed by atoms with Crippen LogP contribution in [-0.2, 0) is 26.0 Å². The first-order valence-corrected chi connectivity index (χ1v) is 12.7. The van der Waals surface area contributed by atoms with Crippen LogP contribution in [0.4, 0.5) is 0 Å². The molecule has 0 amide bonds. The predicted octanol–water partition coefficient (Wildman–Crippen LogP) is 2.20. The van der Waals surface area contributed by atoms with E-state index in [1.807, 2.05) is 67.6 Å². The monoisotopic (exact) mass is 489 g/mol. The first-order chi connectivity index (χ1) is 16.2. The summed E-state index contributed by atoms with van der Waals surface area (Å²) in [6, 6.07) is 2.69. The Kier molecular flexibility index (Phi) is 8.48. The first-order valence-electron chi connectivity index (χ1n) is 11.3. The highest BCUT2D eigenvalue weighted by atomic mass is 32.2. The molecule has 0 bridgehead atoms. The van der Waals surface area contributed by atoms with E-state index in [1.165, 1.54) is 27.2 Å². The van der Waals surface area contributed by atoms with Crippen LogP contribution in [-0.4, -0.2) is 81.3 Å². The highest BCUT2D eigenvalue weighted by molar-refractivity contribution is 7.89. The summed E-state index contributed by atoms with van der Waals surface area (Å²) in [5.41, 5.74) is -1.84. The molecule has 2 aliphatic carbocycles. The van der Waals surface area contributed by atoms with Gasteiger partial charge in [-0.3, -0.25) is 4.79 Å². The van der Waals surface area contributed by atoms with Crippen LogP contribution < -0.4 is 5.56 Å². The zero-order chi connectivity index (χ0) is 24.8. The van der Waals surface area contributed by atoms with Gasteiger partial charge < -0.3 is 18.9 Å². The lowest BCUT2D eigenvalue weighted by atomic mass is 9.92. The minimum Gasteiger partial charge on any atom is -0.372 e. The van der Waals surface area contributed by atoms with Gasteiger partial charge >= 0.3 is 0 Å². The van der Waals surface area contributed by atoms with Gasteiger partial charge in [-0.15, -0.1) is 0 Å². The molecule has 1 aromatic heterocycles. The van der Waals surface area contributed by atoms with Crippen molar-refractivity contribution in [3.63, 3.8) is 0 Å². The molecule has 0 aromatic carbocycles. The summed E-state index contributed by atoms with van der Waals surface area (Å²) in [4.78, 5) is 14.4. The Balaban J connectivity index is 2.02. The molecule has 2 aliphatic rings. The summed E-state index contributed by atoms with van der Waals surface area (Å²) in [5.74, 6) is 0. The Labute approximate surface area is 202 Å². The van der Waals surface area contributed by atoms with Gasteiger partial charge in [-0.2, -0.15) is 4.31 Å². The topological polar surface area (TPSA) is 81.1 Å². The molecule has 1 heterocycles. The number of hydrogen-bond acceptors (Lipinski definition) is 6. The summed E-state index contributed by atoms with van der Waals surface area (Å²) in [7, 11) is 2.99. The molecular formula is C25H35N3O5S. The summed E-state index contributed by atoms with van der Waals surface area (Å²) in [6.07, 6.45) is 17.8. The molecular weight excluding hydrogens is 454 g/mol. The van der Waals surface area contributed by atoms with E-state index < -0.39 is 21.2 Å². The van der Waals surface area contributed by atoms with Crippen LogP contribution in [0.25, 0.3) is 0 Å². The fraction of sp³-hybridized carbons (Fsp3) is 0.480. The third-order valence-electron chi connectivity index (χ3n) is 6.30. The summed E-state index contributed by atoms with van der Waals surface area (Å²) < 4.78 is 42.5. The highest BCUT2D eigenvalue weighted by Gasteiger charge is 2.40. The molecule has 2 unspecified atom stereocenters. The van der Waals surface area contributed by atoms with Crippen LogP contribution in [0.2, 0.25) is 0 Å². The van der Waals surface area contributed by atoms with Crippen molar-refractivity contribution in [1.82, 2.24) is 13.8 Å². The molecule has 2 atom stereocenters. The van der Waals surface area contributed by atoms with E-state index in [1.54, 1.807) is 14.2 Å². The van der Waals surface area contributed by atoms with Crippen LogP contribution in [0.1, 0.15) is 12.8 Å². The molecule has 0 fully saturated rings. The maximum atomic E-state index is 14.0. The van der Waals surface area contributed by atoms with Gasteiger partial charge in [0.1, 0.15) is 11.2 Å². The van der Waals surface area contributed by atoms with Crippen LogP contribution in [0.5, 0.6) is 0 Å². The Bertz CT molecular complexity index is 1100. The van der Waals surface area contributed by atoms with Gasteiger partial charge in [0.2, 0.25) is 10.0 Å². The molecule has 0 saturated carbocycles. The van der Waals surface area contributed by atoms with Gasteiger partial charge in [0.25, 0.3) is 5.56 Å². The Morgan fingerprint density at radius 2 is 1.50 bits per heavy atom. The van der Waals surface area contributed by atoms with Crippen molar-refractivity contribution in [1.29, 1.82) is 0 Å². The molecule has 8 nitrogen and oxygen atoms in total. The third-order valence-corrected chi connectivity index (χ3v) is 8.08. The lowest BCUT2D eigenvalue weighted by Crippen LogP contribution is -2.52. The van der Waals surface area contributed by atoms with Gasteiger partial charge in [-0.05, 0) is 33.0 Å². The number of allylic oxidation sites excluding steroid dienone is 4. The fourth-order valence-corrected chi connectivity index (χ4v) is 5.65. The maximum Gasteiger partial charge on any atom is 0.250 e. The molecule has 0 aliphatic heterocycles. The van der Waals surface area contributed by atoms with Crippen LogP contribution in [0, 0.1) is 0 Å². The van der Waals surface area contributed by atoms with Crippen molar-refractivity contribution in [2.45, 2.75) is 35.5 Å². The van der Waals surface area contributed by atoms with E-state index in [0.29, 0.717) is 25.9 Å². The summed E-state index contributed by atoms with van der Waals surface area (Å²) in [6.45, 7) is 1.21. The zero-order valence-electron chi connectivity index (χ0n) is 20.4. The second-order valence-electron chi connectivity index (χ2n) is 8.99. The van der Waals surface area contributed by atoms with Crippen molar-refractivity contribution in [2.75, 3.05) is 47.9 Å². The first kappa shape index (κ1) is 26.3. The molecule has 9 heteroatoms. The fourth-order valence-electron chi connectivity index (χ4n) is 4.07. The van der Waals surface area contributed by atoms with Crippen LogP contribution in [0.15, 0.2) is 76.6 Å². The van der Waals surface area contributed by atoms with Crippen molar-refractivity contribution >= 4 is 10.0 Å². The molecule has 186 valence electrons. The van der Waals surface area contributed by atoms with Crippen LogP contribution >= 0.6 is 0 Å². The number of ether oxygens (including phenoxy) is 2. The second-order valence-corrected chi connectivity index (χ2v) is 10.9. The number of sulfonamides is 1. The predicted molar refractivity (Wildman–Crippen MR) is 133 cm³/mol. The smallest absolute Gasteiger partial charge is 0.250 e. The molecule has 34 heavy (non-hydrogen) atoms. The lowest BCUT2D eigenvalue weighted by molar-refractivity contribution is -0.0120. The standard InChI is InChI=1S/C25H35N3O5S/c1-26(2)17-18-27-19-22(11-12-23(27)29)34(30,31)28(20-24(32-3)13-7-5-8-14-24)21-25(33-4)15-9-6-10-16-25/h5-13,15,19H,14,16-18,20-21H2,1-4H3. The van der Waals surface area contributed by atoms with Gasteiger partial charge in [-0.1, -0.05) is 48.6 Å². The highest BCUT2D eigenvalue weighted by Crippen LogP contribution is 2.31. The third kappa shape index (κ3) is 6.03. The summed E-state index contributed by atoms with van der Waals surface area (Å²) in [5, 5.41) is 0. The number of methoxy groups -OCH3 is 2. The van der Waals surface area contributed by atoms with Crippen molar-refractivity contribution < 1.29 is 17.9 Å². The lowest BCUT2D eigenvalue weighted by Gasteiger charge is -2.39. The molecule has 0 saturated heterocycles. The number of hydrogen-bond donors (Lipinski definition) is 0. The number of likely N-dealkylation sites (N-methyl/N-ethyl adjacent to an activating group) is 1. The minimum absolute atomic E-state index is 0.0639. The Hall–Kier alpha value is -2.30. The van der Waals surface area contributed by atoms with E-state index in [4.69, 9.17) is 9.47 Å². The van der Waals surface area contributed by atoms with E-state index in [-0.39, 0.29) is 23.5 Å². The average molecular weight is 490 g/mol. The summed E-state index contributed by atoms with van der Waals surface area (Å²) >= 11 is 0.